The zero-order valence-corrected chi connectivity index (χ0v) is 9.28. The molecule has 0 aromatic rings. The zero-order chi connectivity index (χ0) is 12.0. The number of imide groups is 1. The summed E-state index contributed by atoms with van der Waals surface area (Å²) in [6.45, 7) is 5.38. The molecule has 0 bridgehead atoms. The van der Waals surface area contributed by atoms with Crippen molar-refractivity contribution in [3.05, 3.63) is 0 Å². The van der Waals surface area contributed by atoms with Crippen LogP contribution in [-0.2, 0) is 4.79 Å². The van der Waals surface area contributed by atoms with Gasteiger partial charge in [0.05, 0.1) is 12.6 Å². The van der Waals surface area contributed by atoms with Crippen LogP contribution in [0.25, 0.3) is 0 Å². The van der Waals surface area contributed by atoms with Crippen molar-refractivity contribution in [2.75, 3.05) is 6.61 Å². The van der Waals surface area contributed by atoms with E-state index >= 15 is 0 Å². The molecular formula is C9H19N3O3. The van der Waals surface area contributed by atoms with Crippen LogP contribution in [-0.4, -0.2) is 35.7 Å². The summed E-state index contributed by atoms with van der Waals surface area (Å²) >= 11 is 0. The average molecular weight is 217 g/mol. The molecule has 0 aliphatic carbocycles. The lowest BCUT2D eigenvalue weighted by atomic mass is 10.0. The smallest absolute Gasteiger partial charge is 0.318 e. The quantitative estimate of drug-likeness (QED) is 0.482. The molecule has 0 aliphatic rings. The number of hydrogen-bond donors (Lipinski definition) is 4. The summed E-state index contributed by atoms with van der Waals surface area (Å²) in [6.07, 6.45) is 0. The van der Waals surface area contributed by atoms with E-state index in [-0.39, 0.29) is 18.6 Å². The molecular weight excluding hydrogens is 198 g/mol. The SMILES string of the molecule is CC(N[C@H](CO)C(C)C)C(=O)NC(N)=O. The molecule has 0 radical (unpaired) electrons. The van der Waals surface area contributed by atoms with Crippen molar-refractivity contribution in [2.24, 2.45) is 11.7 Å². The predicted octanol–water partition coefficient (Wildman–Crippen LogP) is -0.824. The lowest BCUT2D eigenvalue weighted by Crippen LogP contribution is -2.51. The summed E-state index contributed by atoms with van der Waals surface area (Å²) in [7, 11) is 0. The normalized spacial score (nSPS) is 14.7. The molecule has 0 spiro atoms. The van der Waals surface area contributed by atoms with E-state index in [1.165, 1.54) is 0 Å². The number of urea groups is 1. The fourth-order valence-corrected chi connectivity index (χ4v) is 1.08. The lowest BCUT2D eigenvalue weighted by Gasteiger charge is -2.23. The first-order valence-corrected chi connectivity index (χ1v) is 4.85. The minimum atomic E-state index is -0.876. The molecule has 5 N–H and O–H groups in total. The monoisotopic (exact) mass is 217 g/mol. The Morgan fingerprint density at radius 1 is 1.33 bits per heavy atom. The van der Waals surface area contributed by atoms with Crippen molar-refractivity contribution in [2.45, 2.75) is 32.9 Å². The maximum absolute atomic E-state index is 11.3. The first-order chi connectivity index (χ1) is 6.88. The average Bonchev–Trinajstić information content (AvgIpc) is 2.11. The van der Waals surface area contributed by atoms with Gasteiger partial charge in [0, 0.05) is 6.04 Å². The molecule has 0 fully saturated rings. The molecule has 0 aromatic carbocycles. The number of nitrogens with two attached hydrogens (primary N) is 1. The molecule has 0 aliphatic heterocycles. The van der Waals surface area contributed by atoms with Crippen LogP contribution in [0.5, 0.6) is 0 Å². The molecule has 0 saturated heterocycles. The fraction of sp³-hybridized carbons (Fsp3) is 0.778. The van der Waals surface area contributed by atoms with E-state index in [1.54, 1.807) is 6.92 Å². The highest BCUT2D eigenvalue weighted by atomic mass is 16.3. The number of aliphatic hydroxyl groups is 1. The van der Waals surface area contributed by atoms with Gasteiger partial charge in [-0.05, 0) is 12.8 Å². The Balaban J connectivity index is 4.15. The van der Waals surface area contributed by atoms with Crippen LogP contribution in [0, 0.1) is 5.92 Å². The van der Waals surface area contributed by atoms with Crippen LogP contribution in [0.15, 0.2) is 0 Å². The lowest BCUT2D eigenvalue weighted by molar-refractivity contribution is -0.121. The number of nitrogens with one attached hydrogen (secondary N) is 2. The molecule has 0 rings (SSSR count). The van der Waals surface area contributed by atoms with E-state index < -0.39 is 18.0 Å². The van der Waals surface area contributed by atoms with Gasteiger partial charge in [-0.1, -0.05) is 13.8 Å². The molecule has 88 valence electrons. The highest BCUT2D eigenvalue weighted by molar-refractivity contribution is 5.96. The first-order valence-electron chi connectivity index (χ1n) is 4.85. The number of amides is 3. The zero-order valence-electron chi connectivity index (χ0n) is 9.28. The Hall–Kier alpha value is -1.14. The van der Waals surface area contributed by atoms with Gasteiger partial charge in [-0.3, -0.25) is 10.1 Å². The number of aliphatic hydroxyl groups excluding tert-OH is 1. The van der Waals surface area contributed by atoms with Gasteiger partial charge in [0.1, 0.15) is 0 Å². The molecule has 3 amide bonds. The molecule has 6 nitrogen and oxygen atoms in total. The number of carbonyl (C=O) groups excluding carboxylic acids is 2. The van der Waals surface area contributed by atoms with Gasteiger partial charge in [0.15, 0.2) is 0 Å². The Morgan fingerprint density at radius 3 is 2.20 bits per heavy atom. The molecule has 0 aromatic heterocycles. The standard InChI is InChI=1S/C9H19N3O3/c1-5(2)7(4-13)11-6(3)8(14)12-9(10)15/h5-7,11,13H,4H2,1-3H3,(H3,10,12,14,15)/t6?,7-/m1/s1. The summed E-state index contributed by atoms with van der Waals surface area (Å²) in [6, 6.07) is -1.63. The molecule has 0 saturated carbocycles. The van der Waals surface area contributed by atoms with Crippen LogP contribution in [0.2, 0.25) is 0 Å². The van der Waals surface area contributed by atoms with Crippen molar-refractivity contribution in [1.29, 1.82) is 0 Å². The number of hydrogen-bond acceptors (Lipinski definition) is 4. The third-order valence-electron chi connectivity index (χ3n) is 2.11. The van der Waals surface area contributed by atoms with Crippen LogP contribution < -0.4 is 16.4 Å². The summed E-state index contributed by atoms with van der Waals surface area (Å²) in [5, 5.41) is 13.9. The maximum Gasteiger partial charge on any atom is 0.318 e. The molecule has 15 heavy (non-hydrogen) atoms. The third-order valence-corrected chi connectivity index (χ3v) is 2.11. The number of carbonyl (C=O) groups is 2. The van der Waals surface area contributed by atoms with Gasteiger partial charge in [-0.15, -0.1) is 0 Å². The highest BCUT2D eigenvalue weighted by Crippen LogP contribution is 2.01. The molecule has 6 heteroatoms. The van der Waals surface area contributed by atoms with Gasteiger partial charge in [0.2, 0.25) is 5.91 Å². The second-order valence-electron chi connectivity index (χ2n) is 3.77. The van der Waals surface area contributed by atoms with Crippen molar-refractivity contribution >= 4 is 11.9 Å². The minimum Gasteiger partial charge on any atom is -0.395 e. The molecule has 2 atom stereocenters. The van der Waals surface area contributed by atoms with Gasteiger partial charge < -0.3 is 16.2 Å². The van der Waals surface area contributed by atoms with Gasteiger partial charge in [-0.2, -0.15) is 0 Å². The maximum atomic E-state index is 11.3. The van der Waals surface area contributed by atoms with Crippen molar-refractivity contribution in [3.63, 3.8) is 0 Å². The predicted molar refractivity (Wildman–Crippen MR) is 56.0 cm³/mol. The number of rotatable bonds is 5. The summed E-state index contributed by atoms with van der Waals surface area (Å²) in [4.78, 5) is 21.7. The van der Waals surface area contributed by atoms with Gasteiger partial charge >= 0.3 is 6.03 Å². The largest absolute Gasteiger partial charge is 0.395 e. The van der Waals surface area contributed by atoms with Crippen molar-refractivity contribution in [1.82, 2.24) is 10.6 Å². The van der Waals surface area contributed by atoms with Gasteiger partial charge in [0.25, 0.3) is 0 Å². The summed E-state index contributed by atoms with van der Waals surface area (Å²) in [5.74, 6) is -0.305. The van der Waals surface area contributed by atoms with E-state index in [0.717, 1.165) is 0 Å². The Morgan fingerprint density at radius 2 is 1.87 bits per heavy atom. The molecule has 0 heterocycles. The van der Waals surface area contributed by atoms with Crippen LogP contribution in [0.1, 0.15) is 20.8 Å². The van der Waals surface area contributed by atoms with Crippen LogP contribution >= 0.6 is 0 Å². The topological polar surface area (TPSA) is 104 Å². The van der Waals surface area contributed by atoms with E-state index in [2.05, 4.69) is 5.32 Å². The van der Waals surface area contributed by atoms with E-state index in [4.69, 9.17) is 10.8 Å². The molecule has 1 unspecified atom stereocenters. The third kappa shape index (κ3) is 5.34. The summed E-state index contributed by atoms with van der Waals surface area (Å²) < 4.78 is 0. The number of primary amides is 1. The Kier molecular flexibility index (Phi) is 5.88. The van der Waals surface area contributed by atoms with Crippen molar-refractivity contribution in [3.8, 4) is 0 Å². The van der Waals surface area contributed by atoms with Crippen molar-refractivity contribution < 1.29 is 14.7 Å². The van der Waals surface area contributed by atoms with Gasteiger partial charge in [-0.25, -0.2) is 4.79 Å². The summed E-state index contributed by atoms with van der Waals surface area (Å²) in [5.41, 5.74) is 4.81. The fourth-order valence-electron chi connectivity index (χ4n) is 1.08. The highest BCUT2D eigenvalue weighted by Gasteiger charge is 2.20. The van der Waals surface area contributed by atoms with Crippen LogP contribution in [0.3, 0.4) is 0 Å². The Labute approximate surface area is 89.2 Å². The van der Waals surface area contributed by atoms with Crippen LogP contribution in [0.4, 0.5) is 4.79 Å². The van der Waals surface area contributed by atoms with E-state index in [9.17, 15) is 9.59 Å². The second kappa shape index (κ2) is 6.36. The first kappa shape index (κ1) is 13.9. The Bertz CT molecular complexity index is 231. The van der Waals surface area contributed by atoms with E-state index in [1.807, 2.05) is 19.2 Å². The minimum absolute atomic E-state index is 0.0636. The second-order valence-corrected chi connectivity index (χ2v) is 3.77. The van der Waals surface area contributed by atoms with E-state index in [0.29, 0.717) is 0 Å².